The monoisotopic (exact) mass is 453 g/mol. The molecule has 2 heterocycles. The number of nitrogens with one attached hydrogen (secondary N) is 2. The van der Waals surface area contributed by atoms with Crippen LogP contribution in [0.25, 0.3) is 0 Å². The summed E-state index contributed by atoms with van der Waals surface area (Å²) in [5.74, 6) is 2.89. The van der Waals surface area contributed by atoms with Gasteiger partial charge in [0.2, 0.25) is 5.91 Å². The highest BCUT2D eigenvalue weighted by Crippen LogP contribution is 2.35. The van der Waals surface area contributed by atoms with Crippen molar-refractivity contribution in [2.45, 2.75) is 25.3 Å². The van der Waals surface area contributed by atoms with Crippen molar-refractivity contribution in [3.05, 3.63) is 53.6 Å². The van der Waals surface area contributed by atoms with Gasteiger partial charge in [-0.1, -0.05) is 18.2 Å². The summed E-state index contributed by atoms with van der Waals surface area (Å²) < 4.78 is 16.8. The third kappa shape index (κ3) is 5.97. The smallest absolute Gasteiger partial charge is 0.241 e. The molecule has 0 aliphatic carbocycles. The lowest BCUT2D eigenvalue weighted by atomic mass is 9.93. The first-order valence-electron chi connectivity index (χ1n) is 11.8. The van der Waals surface area contributed by atoms with Crippen molar-refractivity contribution in [3.63, 3.8) is 0 Å². The molecule has 1 saturated heterocycles. The lowest BCUT2D eigenvalue weighted by molar-refractivity contribution is -0.123. The summed E-state index contributed by atoms with van der Waals surface area (Å²) >= 11 is 0. The number of hydrogen-bond acceptors (Lipinski definition) is 6. The minimum absolute atomic E-state index is 0.00863. The van der Waals surface area contributed by atoms with Crippen molar-refractivity contribution < 1.29 is 19.0 Å². The average molecular weight is 454 g/mol. The SMILES string of the molecule is COc1cc2c(cc1OC)C(C(=O)NCCN1CCC(COc3ccccc3)CC1)NCC2. The van der Waals surface area contributed by atoms with Crippen LogP contribution in [-0.2, 0) is 11.2 Å². The minimum atomic E-state index is -0.366. The highest BCUT2D eigenvalue weighted by molar-refractivity contribution is 5.84. The molecule has 1 amide bonds. The van der Waals surface area contributed by atoms with E-state index in [4.69, 9.17) is 14.2 Å². The third-order valence-electron chi connectivity index (χ3n) is 6.62. The second-order valence-corrected chi connectivity index (χ2v) is 8.74. The molecule has 2 aromatic rings. The van der Waals surface area contributed by atoms with E-state index in [-0.39, 0.29) is 11.9 Å². The molecule has 1 fully saturated rings. The van der Waals surface area contributed by atoms with Gasteiger partial charge in [0.05, 0.1) is 20.8 Å². The molecule has 0 aromatic heterocycles. The fourth-order valence-corrected chi connectivity index (χ4v) is 4.66. The Morgan fingerprint density at radius 2 is 1.82 bits per heavy atom. The van der Waals surface area contributed by atoms with Gasteiger partial charge in [-0.2, -0.15) is 0 Å². The second-order valence-electron chi connectivity index (χ2n) is 8.74. The molecule has 0 saturated carbocycles. The van der Waals surface area contributed by atoms with Gasteiger partial charge in [0.1, 0.15) is 11.8 Å². The highest BCUT2D eigenvalue weighted by Gasteiger charge is 2.28. The van der Waals surface area contributed by atoms with E-state index in [9.17, 15) is 4.79 Å². The molecule has 178 valence electrons. The number of amides is 1. The Hall–Kier alpha value is -2.77. The van der Waals surface area contributed by atoms with Crippen molar-refractivity contribution in [2.24, 2.45) is 5.92 Å². The summed E-state index contributed by atoms with van der Waals surface area (Å²) in [6.07, 6.45) is 3.11. The van der Waals surface area contributed by atoms with Gasteiger partial charge in [0, 0.05) is 19.6 Å². The Morgan fingerprint density at radius 1 is 1.09 bits per heavy atom. The summed E-state index contributed by atoms with van der Waals surface area (Å²) in [7, 11) is 3.25. The number of piperidine rings is 1. The van der Waals surface area contributed by atoms with Gasteiger partial charge in [-0.15, -0.1) is 0 Å². The summed E-state index contributed by atoms with van der Waals surface area (Å²) in [6.45, 7) is 5.13. The van der Waals surface area contributed by atoms with E-state index in [2.05, 4.69) is 15.5 Å². The maximum absolute atomic E-state index is 12.9. The zero-order valence-electron chi connectivity index (χ0n) is 19.6. The van der Waals surface area contributed by atoms with E-state index in [0.717, 1.165) is 68.9 Å². The van der Waals surface area contributed by atoms with E-state index in [1.807, 2.05) is 42.5 Å². The summed E-state index contributed by atoms with van der Waals surface area (Å²) in [5.41, 5.74) is 2.10. The summed E-state index contributed by atoms with van der Waals surface area (Å²) in [4.78, 5) is 15.4. The topological polar surface area (TPSA) is 72.1 Å². The number of benzene rings is 2. The molecule has 0 radical (unpaired) electrons. The summed E-state index contributed by atoms with van der Waals surface area (Å²) in [6, 6.07) is 13.6. The van der Waals surface area contributed by atoms with Crippen LogP contribution in [0, 0.1) is 5.92 Å². The van der Waals surface area contributed by atoms with E-state index >= 15 is 0 Å². The number of hydrogen-bond donors (Lipinski definition) is 2. The van der Waals surface area contributed by atoms with Crippen molar-refractivity contribution in [1.29, 1.82) is 0 Å². The van der Waals surface area contributed by atoms with Crippen molar-refractivity contribution in [2.75, 3.05) is 53.6 Å². The van der Waals surface area contributed by atoms with Gasteiger partial charge >= 0.3 is 0 Å². The van der Waals surface area contributed by atoms with E-state index in [1.54, 1.807) is 14.2 Å². The zero-order chi connectivity index (χ0) is 23.0. The summed E-state index contributed by atoms with van der Waals surface area (Å²) in [5, 5.41) is 6.47. The molecule has 2 aliphatic rings. The fourth-order valence-electron chi connectivity index (χ4n) is 4.66. The third-order valence-corrected chi connectivity index (χ3v) is 6.62. The molecule has 2 aromatic carbocycles. The van der Waals surface area contributed by atoms with Crippen LogP contribution < -0.4 is 24.8 Å². The fraction of sp³-hybridized carbons (Fsp3) is 0.500. The van der Waals surface area contributed by atoms with Gasteiger partial charge in [0.15, 0.2) is 11.5 Å². The highest BCUT2D eigenvalue weighted by atomic mass is 16.5. The Kier molecular flexibility index (Phi) is 8.07. The molecule has 0 spiro atoms. The van der Waals surface area contributed by atoms with Crippen LogP contribution in [0.5, 0.6) is 17.2 Å². The predicted octanol–water partition coefficient (Wildman–Crippen LogP) is 2.80. The number of fused-ring (bicyclic) bond motifs is 1. The number of carbonyl (C=O) groups is 1. The van der Waals surface area contributed by atoms with Crippen LogP contribution >= 0.6 is 0 Å². The van der Waals surface area contributed by atoms with Crippen molar-refractivity contribution >= 4 is 5.91 Å². The first-order valence-corrected chi connectivity index (χ1v) is 11.8. The van der Waals surface area contributed by atoms with Crippen LogP contribution in [0.15, 0.2) is 42.5 Å². The normalized spacial score (nSPS) is 18.9. The lowest BCUT2D eigenvalue weighted by Gasteiger charge is -2.32. The van der Waals surface area contributed by atoms with Crippen LogP contribution in [-0.4, -0.2) is 64.4 Å². The van der Waals surface area contributed by atoms with Crippen molar-refractivity contribution in [1.82, 2.24) is 15.5 Å². The van der Waals surface area contributed by atoms with Crippen molar-refractivity contribution in [3.8, 4) is 17.2 Å². The standard InChI is InChI=1S/C26H35N3O4/c1-31-23-16-20-8-11-27-25(22(20)17-24(23)32-2)26(30)28-12-15-29-13-9-19(10-14-29)18-33-21-6-4-3-5-7-21/h3-7,16-17,19,25,27H,8-15,18H2,1-2H3,(H,28,30). The first kappa shape index (κ1) is 23.4. The number of carbonyl (C=O) groups excluding carboxylic acids is 1. The maximum Gasteiger partial charge on any atom is 0.241 e. The van der Waals surface area contributed by atoms with Crippen LogP contribution in [0.1, 0.15) is 30.0 Å². The molecule has 7 nitrogen and oxygen atoms in total. The molecule has 4 rings (SSSR count). The van der Waals surface area contributed by atoms with Gasteiger partial charge in [-0.3, -0.25) is 4.79 Å². The zero-order valence-corrected chi connectivity index (χ0v) is 19.6. The lowest BCUT2D eigenvalue weighted by Crippen LogP contribution is -2.45. The van der Waals surface area contributed by atoms with Gasteiger partial charge < -0.3 is 29.7 Å². The first-order chi connectivity index (χ1) is 16.2. The number of rotatable bonds is 9. The Bertz CT molecular complexity index is 913. The Balaban J connectivity index is 1.21. The minimum Gasteiger partial charge on any atom is -0.493 e. The van der Waals surface area contributed by atoms with Crippen LogP contribution in [0.3, 0.4) is 0 Å². The largest absolute Gasteiger partial charge is 0.493 e. The predicted molar refractivity (Wildman–Crippen MR) is 128 cm³/mol. The quantitative estimate of drug-likeness (QED) is 0.608. The van der Waals surface area contributed by atoms with E-state index in [0.29, 0.717) is 24.0 Å². The Morgan fingerprint density at radius 3 is 2.55 bits per heavy atom. The second kappa shape index (κ2) is 11.4. The van der Waals surface area contributed by atoms with E-state index in [1.165, 1.54) is 0 Å². The molecule has 2 aliphatic heterocycles. The molecule has 1 unspecified atom stereocenters. The van der Waals surface area contributed by atoms with E-state index < -0.39 is 0 Å². The molecule has 1 atom stereocenters. The number of methoxy groups -OCH3 is 2. The maximum atomic E-state index is 12.9. The van der Waals surface area contributed by atoms with Gasteiger partial charge in [0.25, 0.3) is 0 Å². The number of likely N-dealkylation sites (tertiary alicyclic amines) is 1. The number of ether oxygens (including phenoxy) is 3. The molecule has 7 heteroatoms. The molecule has 2 N–H and O–H groups in total. The van der Waals surface area contributed by atoms with Crippen LogP contribution in [0.4, 0.5) is 0 Å². The number of para-hydroxylation sites is 1. The van der Waals surface area contributed by atoms with Gasteiger partial charge in [-0.05, 0) is 73.7 Å². The van der Waals surface area contributed by atoms with Gasteiger partial charge in [-0.25, -0.2) is 0 Å². The Labute approximate surface area is 196 Å². The molecular formula is C26H35N3O4. The van der Waals surface area contributed by atoms with Crippen LogP contribution in [0.2, 0.25) is 0 Å². The average Bonchev–Trinajstić information content (AvgIpc) is 2.87. The number of nitrogens with zero attached hydrogens (tertiary/aromatic N) is 1. The molecule has 33 heavy (non-hydrogen) atoms. The molecule has 0 bridgehead atoms. The molecular weight excluding hydrogens is 418 g/mol.